The smallest absolute Gasteiger partial charge is 0.309 e. The van der Waals surface area contributed by atoms with Crippen LogP contribution in [0.2, 0.25) is 0 Å². The number of hydrogen-bond donors (Lipinski definition) is 3. The SMILES string of the molecule is CCC[C@@H](CCO)Nc1nc(N)nc(C)c1Cc1ccc(CC(=O)OC)cc1. The highest BCUT2D eigenvalue weighted by atomic mass is 16.5. The van der Waals surface area contributed by atoms with E-state index >= 15 is 0 Å². The number of nitrogen functional groups attached to an aromatic ring is 1. The molecular formula is C21H30N4O3. The maximum Gasteiger partial charge on any atom is 0.309 e. The first kappa shape index (κ1) is 21.6. The summed E-state index contributed by atoms with van der Waals surface area (Å²) >= 11 is 0. The number of ether oxygens (including phenoxy) is 1. The van der Waals surface area contributed by atoms with E-state index in [1.54, 1.807) is 0 Å². The van der Waals surface area contributed by atoms with Crippen molar-refractivity contribution in [3.63, 3.8) is 0 Å². The molecule has 1 heterocycles. The van der Waals surface area contributed by atoms with E-state index in [0.717, 1.165) is 41.0 Å². The van der Waals surface area contributed by atoms with Gasteiger partial charge in [-0.3, -0.25) is 4.79 Å². The van der Waals surface area contributed by atoms with Crippen LogP contribution in [0.4, 0.5) is 11.8 Å². The number of benzene rings is 1. The minimum Gasteiger partial charge on any atom is -0.469 e. The van der Waals surface area contributed by atoms with Gasteiger partial charge >= 0.3 is 5.97 Å². The second kappa shape index (κ2) is 10.6. The molecule has 7 heteroatoms. The molecule has 0 fully saturated rings. The number of rotatable bonds is 10. The zero-order valence-electron chi connectivity index (χ0n) is 16.9. The molecule has 2 rings (SSSR count). The Kier molecular flexibility index (Phi) is 8.19. The van der Waals surface area contributed by atoms with Gasteiger partial charge in [-0.2, -0.15) is 4.98 Å². The zero-order valence-corrected chi connectivity index (χ0v) is 16.9. The van der Waals surface area contributed by atoms with E-state index in [-0.39, 0.29) is 31.0 Å². The van der Waals surface area contributed by atoms with Gasteiger partial charge in [0.1, 0.15) is 5.82 Å². The van der Waals surface area contributed by atoms with Crippen molar-refractivity contribution in [1.29, 1.82) is 0 Å². The predicted molar refractivity (Wildman–Crippen MR) is 110 cm³/mol. The molecule has 4 N–H and O–H groups in total. The van der Waals surface area contributed by atoms with Crippen LogP contribution < -0.4 is 11.1 Å². The van der Waals surface area contributed by atoms with Crippen LogP contribution in [-0.4, -0.2) is 40.8 Å². The van der Waals surface area contributed by atoms with Crippen molar-refractivity contribution in [2.75, 3.05) is 24.8 Å². The van der Waals surface area contributed by atoms with Crippen LogP contribution in [0, 0.1) is 6.92 Å². The number of anilines is 2. The fourth-order valence-electron chi connectivity index (χ4n) is 3.15. The number of methoxy groups -OCH3 is 1. The zero-order chi connectivity index (χ0) is 20.5. The van der Waals surface area contributed by atoms with Crippen molar-refractivity contribution in [1.82, 2.24) is 9.97 Å². The maximum absolute atomic E-state index is 11.4. The summed E-state index contributed by atoms with van der Waals surface area (Å²) in [4.78, 5) is 20.1. The molecule has 1 atom stereocenters. The molecule has 0 bridgehead atoms. The summed E-state index contributed by atoms with van der Waals surface area (Å²) in [6.45, 7) is 4.15. The first-order valence-electron chi connectivity index (χ1n) is 9.61. The molecule has 0 aliphatic rings. The number of nitrogens with one attached hydrogen (secondary N) is 1. The summed E-state index contributed by atoms with van der Waals surface area (Å²) < 4.78 is 4.71. The summed E-state index contributed by atoms with van der Waals surface area (Å²) in [7, 11) is 1.39. The Labute approximate surface area is 166 Å². The van der Waals surface area contributed by atoms with Gasteiger partial charge < -0.3 is 20.9 Å². The third-order valence-electron chi connectivity index (χ3n) is 4.67. The highest BCUT2D eigenvalue weighted by Gasteiger charge is 2.15. The molecule has 0 spiro atoms. The second-order valence-electron chi connectivity index (χ2n) is 6.88. The molecular weight excluding hydrogens is 356 g/mol. The van der Waals surface area contributed by atoms with Crippen molar-refractivity contribution in [2.45, 2.75) is 52.0 Å². The number of carbonyl (C=O) groups is 1. The van der Waals surface area contributed by atoms with Gasteiger partial charge in [-0.25, -0.2) is 4.98 Å². The van der Waals surface area contributed by atoms with E-state index in [2.05, 4.69) is 22.2 Å². The highest BCUT2D eigenvalue weighted by molar-refractivity contribution is 5.72. The van der Waals surface area contributed by atoms with E-state index in [1.165, 1.54) is 7.11 Å². The van der Waals surface area contributed by atoms with E-state index in [0.29, 0.717) is 12.8 Å². The molecule has 7 nitrogen and oxygen atoms in total. The Bertz CT molecular complexity index is 772. The van der Waals surface area contributed by atoms with Gasteiger partial charge in [0.15, 0.2) is 0 Å². The molecule has 1 aromatic heterocycles. The number of carbonyl (C=O) groups excluding carboxylic acids is 1. The van der Waals surface area contributed by atoms with Crippen molar-refractivity contribution < 1.29 is 14.6 Å². The van der Waals surface area contributed by atoms with Crippen molar-refractivity contribution in [3.05, 3.63) is 46.6 Å². The van der Waals surface area contributed by atoms with Crippen LogP contribution in [0.15, 0.2) is 24.3 Å². The summed E-state index contributed by atoms with van der Waals surface area (Å²) in [5.74, 6) is 0.694. The Morgan fingerprint density at radius 2 is 1.89 bits per heavy atom. The number of aliphatic hydroxyl groups is 1. The topological polar surface area (TPSA) is 110 Å². The molecule has 1 aromatic carbocycles. The average Bonchev–Trinajstić information content (AvgIpc) is 2.66. The molecule has 0 amide bonds. The summed E-state index contributed by atoms with van der Waals surface area (Å²) in [5, 5.41) is 12.8. The summed E-state index contributed by atoms with van der Waals surface area (Å²) in [6.07, 6.45) is 3.50. The number of nitrogens with zero attached hydrogens (tertiary/aromatic N) is 2. The van der Waals surface area contributed by atoms with Gasteiger partial charge in [-0.05, 0) is 30.9 Å². The van der Waals surface area contributed by atoms with Crippen molar-refractivity contribution in [2.24, 2.45) is 0 Å². The maximum atomic E-state index is 11.4. The Morgan fingerprint density at radius 1 is 1.21 bits per heavy atom. The molecule has 152 valence electrons. The Morgan fingerprint density at radius 3 is 2.50 bits per heavy atom. The number of esters is 1. The van der Waals surface area contributed by atoms with E-state index in [9.17, 15) is 9.90 Å². The van der Waals surface area contributed by atoms with Gasteiger partial charge in [0.05, 0.1) is 13.5 Å². The monoisotopic (exact) mass is 386 g/mol. The van der Waals surface area contributed by atoms with Gasteiger partial charge in [0, 0.05) is 30.3 Å². The standard InChI is InChI=1S/C21H30N4O3/c1-4-5-17(10-11-26)24-20-18(14(2)23-21(22)25-20)12-15-6-8-16(9-7-15)13-19(27)28-3/h6-9,17,26H,4-5,10-13H2,1-3H3,(H3,22,23,24,25)/t17-/m0/s1. The lowest BCUT2D eigenvalue weighted by Gasteiger charge is -2.21. The second-order valence-corrected chi connectivity index (χ2v) is 6.88. The third-order valence-corrected chi connectivity index (χ3v) is 4.67. The first-order chi connectivity index (χ1) is 13.5. The molecule has 28 heavy (non-hydrogen) atoms. The third kappa shape index (κ3) is 6.20. The van der Waals surface area contributed by atoms with Crippen LogP contribution >= 0.6 is 0 Å². The van der Waals surface area contributed by atoms with Crippen LogP contribution in [0.3, 0.4) is 0 Å². The van der Waals surface area contributed by atoms with Gasteiger partial charge in [0.2, 0.25) is 5.95 Å². The molecule has 0 unspecified atom stereocenters. The van der Waals surface area contributed by atoms with Gasteiger partial charge in [-0.15, -0.1) is 0 Å². The fraction of sp³-hybridized carbons (Fsp3) is 0.476. The van der Waals surface area contributed by atoms with Crippen LogP contribution in [0.1, 0.15) is 48.6 Å². The van der Waals surface area contributed by atoms with Crippen LogP contribution in [0.25, 0.3) is 0 Å². The fourth-order valence-corrected chi connectivity index (χ4v) is 3.15. The summed E-state index contributed by atoms with van der Waals surface area (Å²) in [5.41, 5.74) is 9.67. The summed E-state index contributed by atoms with van der Waals surface area (Å²) in [6, 6.07) is 7.98. The molecule has 0 radical (unpaired) electrons. The number of aryl methyl sites for hydroxylation is 1. The van der Waals surface area contributed by atoms with Gasteiger partial charge in [-0.1, -0.05) is 37.6 Å². The average molecular weight is 386 g/mol. The number of hydrogen-bond acceptors (Lipinski definition) is 7. The highest BCUT2D eigenvalue weighted by Crippen LogP contribution is 2.23. The molecule has 0 aliphatic carbocycles. The van der Waals surface area contributed by atoms with E-state index in [1.807, 2.05) is 31.2 Å². The van der Waals surface area contributed by atoms with E-state index < -0.39 is 0 Å². The number of nitrogens with two attached hydrogens (primary N) is 1. The van der Waals surface area contributed by atoms with Crippen molar-refractivity contribution in [3.8, 4) is 0 Å². The number of aliphatic hydroxyl groups excluding tert-OH is 1. The predicted octanol–water partition coefficient (Wildman–Crippen LogP) is 2.64. The molecule has 0 aliphatic heterocycles. The minimum atomic E-state index is -0.257. The number of aromatic nitrogens is 2. The van der Waals surface area contributed by atoms with E-state index in [4.69, 9.17) is 10.5 Å². The Hall–Kier alpha value is -2.67. The molecule has 0 saturated heterocycles. The normalized spacial score (nSPS) is 11.9. The molecule has 0 saturated carbocycles. The lowest BCUT2D eigenvalue weighted by molar-refractivity contribution is -0.139. The molecule has 2 aromatic rings. The first-order valence-corrected chi connectivity index (χ1v) is 9.61. The van der Waals surface area contributed by atoms with Crippen molar-refractivity contribution >= 4 is 17.7 Å². The lowest BCUT2D eigenvalue weighted by Crippen LogP contribution is -2.23. The van der Waals surface area contributed by atoms with Crippen LogP contribution in [0.5, 0.6) is 0 Å². The lowest BCUT2D eigenvalue weighted by atomic mass is 10.0. The Balaban J connectivity index is 2.23. The minimum absolute atomic E-state index is 0.119. The largest absolute Gasteiger partial charge is 0.469 e. The van der Waals surface area contributed by atoms with Crippen LogP contribution in [-0.2, 0) is 22.4 Å². The quantitative estimate of drug-likeness (QED) is 0.538. The van der Waals surface area contributed by atoms with Gasteiger partial charge in [0.25, 0.3) is 0 Å².